The third-order valence-corrected chi connectivity index (χ3v) is 4.59. The number of rotatable bonds is 5. The van der Waals surface area contributed by atoms with Crippen LogP contribution < -0.4 is 0 Å². The van der Waals surface area contributed by atoms with E-state index in [2.05, 4.69) is 41.3 Å². The number of carbonyl (C=O) groups excluding carboxylic acids is 1. The molecule has 2 heterocycles. The van der Waals surface area contributed by atoms with Crippen LogP contribution in [-0.4, -0.2) is 23.0 Å². The highest BCUT2D eigenvalue weighted by atomic mass is 16.2. The van der Waals surface area contributed by atoms with E-state index in [1.165, 1.54) is 11.1 Å². The maximum Gasteiger partial charge on any atom is 0.223 e. The number of carbonyl (C=O) groups is 1. The molecule has 0 unspecified atom stereocenters. The van der Waals surface area contributed by atoms with Crippen LogP contribution in [0.15, 0.2) is 34.5 Å². The van der Waals surface area contributed by atoms with E-state index in [0.717, 1.165) is 13.0 Å². The van der Waals surface area contributed by atoms with Crippen molar-refractivity contribution in [1.29, 1.82) is 0 Å². The van der Waals surface area contributed by atoms with E-state index in [9.17, 15) is 4.79 Å². The molecule has 4 nitrogen and oxygen atoms in total. The van der Waals surface area contributed by atoms with E-state index >= 15 is 0 Å². The van der Waals surface area contributed by atoms with Crippen molar-refractivity contribution < 1.29 is 4.79 Å². The molecule has 0 N–H and O–H groups in total. The fraction of sp³-hybridized carbons (Fsp3) is 0.500. The molecule has 0 radical (unpaired) electrons. The summed E-state index contributed by atoms with van der Waals surface area (Å²) in [6, 6.07) is 8.39. The van der Waals surface area contributed by atoms with Crippen molar-refractivity contribution in [3.63, 3.8) is 0 Å². The van der Waals surface area contributed by atoms with Crippen LogP contribution in [0.2, 0.25) is 0 Å². The van der Waals surface area contributed by atoms with Gasteiger partial charge in [-0.1, -0.05) is 31.2 Å². The van der Waals surface area contributed by atoms with E-state index in [-0.39, 0.29) is 11.6 Å². The predicted octanol–water partition coefficient (Wildman–Crippen LogP) is 3.49. The fourth-order valence-electron chi connectivity index (χ4n) is 3.18. The summed E-state index contributed by atoms with van der Waals surface area (Å²) in [6.07, 6.45) is 7.88. The third kappa shape index (κ3) is 3.04. The van der Waals surface area contributed by atoms with Gasteiger partial charge in [-0.3, -0.25) is 4.79 Å². The normalized spacial score (nSPS) is 21.1. The third-order valence-electron chi connectivity index (χ3n) is 4.59. The van der Waals surface area contributed by atoms with Gasteiger partial charge in [0.1, 0.15) is 0 Å². The number of nitrogens with zero attached hydrogens (tertiary/aromatic N) is 3. The van der Waals surface area contributed by atoms with Crippen LogP contribution in [0.3, 0.4) is 0 Å². The van der Waals surface area contributed by atoms with Crippen LogP contribution in [0.25, 0.3) is 0 Å². The van der Waals surface area contributed by atoms with Gasteiger partial charge < -0.3 is 4.90 Å². The van der Waals surface area contributed by atoms with Crippen molar-refractivity contribution in [3.8, 4) is 12.3 Å². The minimum absolute atomic E-state index is 0.193. The number of benzene rings is 1. The molecule has 3 rings (SSSR count). The lowest BCUT2D eigenvalue weighted by molar-refractivity contribution is -0.132. The highest BCUT2D eigenvalue weighted by Crippen LogP contribution is 2.38. The van der Waals surface area contributed by atoms with Crippen LogP contribution in [0.1, 0.15) is 49.7 Å². The molecule has 4 heteroatoms. The second kappa shape index (κ2) is 5.92. The predicted molar refractivity (Wildman–Crippen MR) is 85.2 cm³/mol. The van der Waals surface area contributed by atoms with E-state index in [0.29, 0.717) is 31.7 Å². The zero-order valence-electron chi connectivity index (χ0n) is 13.0. The smallest absolute Gasteiger partial charge is 0.223 e. The van der Waals surface area contributed by atoms with Crippen molar-refractivity contribution in [3.05, 3.63) is 35.4 Å². The Kier molecular flexibility index (Phi) is 3.98. The highest BCUT2D eigenvalue weighted by molar-refractivity contribution is 5.76. The van der Waals surface area contributed by atoms with Crippen molar-refractivity contribution in [2.24, 2.45) is 10.2 Å². The average molecular weight is 295 g/mol. The standard InChI is InChI=1S/C18H21N3O/c1-3-4-10-18(19-20-18)11-9-17(22)21-12-14(2)16-8-6-5-7-15(16)13-21/h1,5-8,14H,4,9-13H2,2H3/t14-/m1/s1. The lowest BCUT2D eigenvalue weighted by atomic mass is 9.91. The van der Waals surface area contributed by atoms with Gasteiger partial charge in [0, 0.05) is 38.8 Å². The zero-order valence-corrected chi connectivity index (χ0v) is 13.0. The molecular weight excluding hydrogens is 274 g/mol. The number of terminal acetylenes is 1. The van der Waals surface area contributed by atoms with Crippen LogP contribution in [-0.2, 0) is 11.3 Å². The van der Waals surface area contributed by atoms with Crippen LogP contribution in [0.4, 0.5) is 0 Å². The molecule has 0 spiro atoms. The molecule has 2 aliphatic rings. The van der Waals surface area contributed by atoms with Crippen LogP contribution in [0, 0.1) is 12.3 Å². The maximum absolute atomic E-state index is 12.5. The van der Waals surface area contributed by atoms with Gasteiger partial charge in [0.15, 0.2) is 5.66 Å². The molecule has 114 valence electrons. The molecular formula is C18H21N3O. The molecule has 0 fully saturated rings. The Bertz CT molecular complexity index is 638. The van der Waals surface area contributed by atoms with Gasteiger partial charge in [0.05, 0.1) is 0 Å². The van der Waals surface area contributed by atoms with E-state index < -0.39 is 0 Å². The summed E-state index contributed by atoms with van der Waals surface area (Å²) in [5, 5.41) is 8.20. The summed E-state index contributed by atoms with van der Waals surface area (Å²) in [7, 11) is 0. The number of hydrogen-bond acceptors (Lipinski definition) is 3. The molecule has 0 saturated carbocycles. The van der Waals surface area contributed by atoms with Crippen LogP contribution >= 0.6 is 0 Å². The molecule has 1 aromatic rings. The molecule has 0 aliphatic carbocycles. The first kappa shape index (κ1) is 14.8. The van der Waals surface area contributed by atoms with Gasteiger partial charge in [0.2, 0.25) is 5.91 Å². The topological polar surface area (TPSA) is 45.0 Å². The van der Waals surface area contributed by atoms with Gasteiger partial charge in [-0.2, -0.15) is 10.2 Å². The lowest BCUT2D eigenvalue weighted by Crippen LogP contribution is -2.37. The van der Waals surface area contributed by atoms with Gasteiger partial charge in [0.25, 0.3) is 0 Å². The first-order valence-electron chi connectivity index (χ1n) is 7.87. The van der Waals surface area contributed by atoms with Gasteiger partial charge >= 0.3 is 0 Å². The largest absolute Gasteiger partial charge is 0.338 e. The average Bonchev–Trinajstić information content (AvgIpc) is 3.31. The van der Waals surface area contributed by atoms with Crippen molar-refractivity contribution >= 4 is 5.91 Å². The lowest BCUT2D eigenvalue weighted by Gasteiger charge is -2.33. The summed E-state index contributed by atoms with van der Waals surface area (Å²) in [5.74, 6) is 3.20. The maximum atomic E-state index is 12.5. The highest BCUT2D eigenvalue weighted by Gasteiger charge is 2.39. The van der Waals surface area contributed by atoms with Gasteiger partial charge in [-0.15, -0.1) is 12.3 Å². The summed E-state index contributed by atoms with van der Waals surface area (Å²) >= 11 is 0. The van der Waals surface area contributed by atoms with Gasteiger partial charge in [-0.05, 0) is 17.0 Å². The van der Waals surface area contributed by atoms with E-state index in [1.54, 1.807) is 0 Å². The van der Waals surface area contributed by atoms with Crippen molar-refractivity contribution in [2.45, 2.75) is 50.7 Å². The Balaban J connectivity index is 1.57. The summed E-state index contributed by atoms with van der Waals surface area (Å²) in [6.45, 7) is 3.69. The fourth-order valence-corrected chi connectivity index (χ4v) is 3.18. The number of hydrogen-bond donors (Lipinski definition) is 0. The zero-order chi connectivity index (χ0) is 15.6. The number of fused-ring (bicyclic) bond motifs is 1. The quantitative estimate of drug-likeness (QED) is 0.767. The Labute approximate surface area is 131 Å². The minimum atomic E-state index is -0.360. The molecule has 0 bridgehead atoms. The summed E-state index contributed by atoms with van der Waals surface area (Å²) in [4.78, 5) is 14.5. The Morgan fingerprint density at radius 3 is 2.91 bits per heavy atom. The molecule has 0 aromatic heterocycles. The summed E-state index contributed by atoms with van der Waals surface area (Å²) in [5.41, 5.74) is 2.27. The molecule has 0 saturated heterocycles. The minimum Gasteiger partial charge on any atom is -0.338 e. The molecule has 1 atom stereocenters. The van der Waals surface area contributed by atoms with E-state index in [4.69, 9.17) is 6.42 Å². The number of amides is 1. The second-order valence-electron chi connectivity index (χ2n) is 6.26. The molecule has 1 aromatic carbocycles. The van der Waals surface area contributed by atoms with Gasteiger partial charge in [-0.25, -0.2) is 0 Å². The Hall–Kier alpha value is -2.15. The molecule has 1 amide bonds. The monoisotopic (exact) mass is 295 g/mol. The van der Waals surface area contributed by atoms with Crippen LogP contribution in [0.5, 0.6) is 0 Å². The first-order chi connectivity index (χ1) is 10.6. The molecule has 22 heavy (non-hydrogen) atoms. The Morgan fingerprint density at radius 1 is 1.41 bits per heavy atom. The Morgan fingerprint density at radius 2 is 2.18 bits per heavy atom. The van der Waals surface area contributed by atoms with Crippen molar-refractivity contribution in [1.82, 2.24) is 4.90 Å². The SMILES string of the molecule is C#CCCC1(CCC(=O)N2Cc3ccccc3[C@H](C)C2)N=N1. The van der Waals surface area contributed by atoms with E-state index in [1.807, 2.05) is 11.0 Å². The van der Waals surface area contributed by atoms with Crippen molar-refractivity contribution in [2.75, 3.05) is 6.54 Å². The first-order valence-corrected chi connectivity index (χ1v) is 7.87. The molecule has 2 aliphatic heterocycles. The second-order valence-corrected chi connectivity index (χ2v) is 6.26. The summed E-state index contributed by atoms with van der Waals surface area (Å²) < 4.78 is 0.